The number of nitrogens with one attached hydrogen (secondary N) is 2. The fourth-order valence-corrected chi connectivity index (χ4v) is 3.83. The molecule has 5 aromatic rings. The molecule has 1 aliphatic heterocycles. The van der Waals surface area contributed by atoms with Crippen LogP contribution in [-0.2, 0) is 13.1 Å². The van der Waals surface area contributed by atoms with Crippen molar-refractivity contribution in [2.24, 2.45) is 0 Å². The molecule has 9 nitrogen and oxygen atoms in total. The normalized spacial score (nSPS) is 13.5. The molecule has 0 fully saturated rings. The number of hydrogen-bond acceptors (Lipinski definition) is 7. The minimum absolute atomic E-state index is 0.674. The summed E-state index contributed by atoms with van der Waals surface area (Å²) in [6.07, 6.45) is 3.65. The van der Waals surface area contributed by atoms with E-state index in [1.54, 1.807) is 6.20 Å². The summed E-state index contributed by atoms with van der Waals surface area (Å²) in [7, 11) is 0. The predicted molar refractivity (Wildman–Crippen MR) is 116 cm³/mol. The van der Waals surface area contributed by atoms with E-state index >= 15 is 0 Å². The second-order valence-corrected chi connectivity index (χ2v) is 7.52. The molecule has 9 heteroatoms. The Morgan fingerprint density at radius 2 is 1.97 bits per heavy atom. The Hall–Kier alpha value is -3.98. The van der Waals surface area contributed by atoms with Crippen molar-refractivity contribution in [1.82, 2.24) is 45.2 Å². The minimum Gasteiger partial charge on any atom is -0.308 e. The topological polar surface area (TPSA) is 110 Å². The highest BCUT2D eigenvalue weighted by Gasteiger charge is 2.17. The number of aromatic amines is 1. The van der Waals surface area contributed by atoms with E-state index in [0.29, 0.717) is 5.82 Å². The summed E-state index contributed by atoms with van der Waals surface area (Å²) in [5.41, 5.74) is 6.68. The van der Waals surface area contributed by atoms with E-state index in [2.05, 4.69) is 35.6 Å². The van der Waals surface area contributed by atoms with Crippen LogP contribution in [0.2, 0.25) is 0 Å². The van der Waals surface area contributed by atoms with E-state index in [1.807, 2.05) is 54.2 Å². The first-order valence-electron chi connectivity index (χ1n) is 10.1. The lowest BCUT2D eigenvalue weighted by molar-refractivity contribution is 0.469. The fourth-order valence-electron chi connectivity index (χ4n) is 3.83. The Labute approximate surface area is 177 Å². The van der Waals surface area contributed by atoms with Crippen molar-refractivity contribution in [3.8, 4) is 34.0 Å². The van der Waals surface area contributed by atoms with Gasteiger partial charge in [-0.3, -0.25) is 15.1 Å². The van der Waals surface area contributed by atoms with Crippen LogP contribution in [0.15, 0.2) is 48.8 Å². The maximum atomic E-state index is 4.87. The largest absolute Gasteiger partial charge is 0.308 e. The number of aromatic nitrogens is 8. The molecule has 6 rings (SSSR count). The van der Waals surface area contributed by atoms with Gasteiger partial charge in [0.25, 0.3) is 0 Å². The van der Waals surface area contributed by atoms with Gasteiger partial charge in [-0.25, -0.2) is 14.6 Å². The van der Waals surface area contributed by atoms with Crippen LogP contribution in [0.25, 0.3) is 45.1 Å². The van der Waals surface area contributed by atoms with Gasteiger partial charge in [-0.05, 0) is 37.3 Å². The van der Waals surface area contributed by atoms with Gasteiger partial charge in [-0.1, -0.05) is 6.07 Å². The van der Waals surface area contributed by atoms with Crippen LogP contribution in [0, 0.1) is 6.92 Å². The average molecular weight is 409 g/mol. The van der Waals surface area contributed by atoms with Gasteiger partial charge in [0, 0.05) is 35.8 Å². The molecule has 0 aliphatic carbocycles. The van der Waals surface area contributed by atoms with Gasteiger partial charge in [0.05, 0.1) is 35.5 Å². The number of fused-ring (bicyclic) bond motifs is 2. The number of hydrogen-bond donors (Lipinski definition) is 2. The molecule has 0 unspecified atom stereocenters. The molecular formula is C22H19N9. The lowest BCUT2D eigenvalue weighted by atomic mass is 10.1. The highest BCUT2D eigenvalue weighted by molar-refractivity contribution is 5.84. The van der Waals surface area contributed by atoms with Crippen LogP contribution >= 0.6 is 0 Å². The van der Waals surface area contributed by atoms with Crippen LogP contribution in [-0.4, -0.2) is 46.5 Å². The summed E-state index contributed by atoms with van der Waals surface area (Å²) in [6, 6.07) is 11.8. The van der Waals surface area contributed by atoms with Crippen molar-refractivity contribution < 1.29 is 0 Å². The first kappa shape index (κ1) is 17.8. The Kier molecular flexibility index (Phi) is 4.07. The van der Waals surface area contributed by atoms with Gasteiger partial charge < -0.3 is 5.32 Å². The molecule has 0 bridgehead atoms. The number of nitrogens with zero attached hydrogens (tertiary/aromatic N) is 7. The zero-order valence-corrected chi connectivity index (χ0v) is 16.9. The van der Waals surface area contributed by atoms with E-state index < -0.39 is 0 Å². The monoisotopic (exact) mass is 409 g/mol. The third kappa shape index (κ3) is 3.15. The first-order valence-corrected chi connectivity index (χ1v) is 10.1. The quantitative estimate of drug-likeness (QED) is 0.471. The zero-order valence-electron chi connectivity index (χ0n) is 16.9. The van der Waals surface area contributed by atoms with Gasteiger partial charge >= 0.3 is 0 Å². The minimum atomic E-state index is 0.674. The van der Waals surface area contributed by atoms with E-state index in [0.717, 1.165) is 70.4 Å². The molecule has 0 aromatic carbocycles. The van der Waals surface area contributed by atoms with Gasteiger partial charge in [0.1, 0.15) is 11.5 Å². The van der Waals surface area contributed by atoms with E-state index in [-0.39, 0.29) is 0 Å². The van der Waals surface area contributed by atoms with Crippen molar-refractivity contribution in [2.45, 2.75) is 20.0 Å². The van der Waals surface area contributed by atoms with Gasteiger partial charge in [-0.2, -0.15) is 10.2 Å². The molecule has 0 saturated heterocycles. The first-order chi connectivity index (χ1) is 15.2. The van der Waals surface area contributed by atoms with Crippen molar-refractivity contribution in [2.75, 3.05) is 6.54 Å². The summed E-state index contributed by atoms with van der Waals surface area (Å²) >= 11 is 0. The summed E-state index contributed by atoms with van der Waals surface area (Å²) in [5.74, 6) is 1.62. The number of aryl methyl sites for hydroxylation is 1. The number of rotatable bonds is 3. The molecule has 31 heavy (non-hydrogen) atoms. The summed E-state index contributed by atoms with van der Waals surface area (Å²) in [6.45, 7) is 4.42. The zero-order chi connectivity index (χ0) is 20.8. The summed E-state index contributed by atoms with van der Waals surface area (Å²) in [4.78, 5) is 18.7. The molecule has 1 aliphatic rings. The Morgan fingerprint density at radius 3 is 2.87 bits per heavy atom. The standard InChI is InChI=1S/C22H19N9/c1-13-3-2-4-18(26-13)21-15(11-25-29-21)16-5-6-17-19(27-16)9-14(10-24-17)22-28-20-12-23-7-8-31(20)30-22/h2-6,9-11,23H,7-8,12H2,1H3,(H,25,29). The van der Waals surface area contributed by atoms with Crippen LogP contribution < -0.4 is 5.32 Å². The van der Waals surface area contributed by atoms with Gasteiger partial charge in [0.2, 0.25) is 0 Å². The molecular weight excluding hydrogens is 390 g/mol. The van der Waals surface area contributed by atoms with Crippen molar-refractivity contribution >= 4 is 11.0 Å². The molecule has 5 aromatic heterocycles. The van der Waals surface area contributed by atoms with Gasteiger partial charge in [0.15, 0.2) is 5.82 Å². The summed E-state index contributed by atoms with van der Waals surface area (Å²) in [5, 5.41) is 15.3. The molecule has 6 heterocycles. The van der Waals surface area contributed by atoms with Crippen LogP contribution in [0.5, 0.6) is 0 Å². The number of H-pyrrole nitrogens is 1. The van der Waals surface area contributed by atoms with Crippen molar-refractivity contribution in [3.05, 3.63) is 60.3 Å². The molecule has 0 saturated carbocycles. The molecule has 0 radical (unpaired) electrons. The van der Waals surface area contributed by atoms with Crippen LogP contribution in [0.4, 0.5) is 0 Å². The third-order valence-corrected chi connectivity index (χ3v) is 5.37. The molecule has 2 N–H and O–H groups in total. The molecule has 152 valence electrons. The van der Waals surface area contributed by atoms with E-state index in [1.165, 1.54) is 0 Å². The second kappa shape index (κ2) is 7.06. The Bertz CT molecular complexity index is 1390. The van der Waals surface area contributed by atoms with E-state index in [4.69, 9.17) is 4.98 Å². The molecule has 0 amide bonds. The highest BCUT2D eigenvalue weighted by atomic mass is 15.4. The van der Waals surface area contributed by atoms with Gasteiger partial charge in [-0.15, -0.1) is 0 Å². The Morgan fingerprint density at radius 1 is 1.00 bits per heavy atom. The predicted octanol–water partition coefficient (Wildman–Crippen LogP) is 2.75. The highest BCUT2D eigenvalue weighted by Crippen LogP contribution is 2.29. The third-order valence-electron chi connectivity index (χ3n) is 5.37. The lowest BCUT2D eigenvalue weighted by Gasteiger charge is -2.11. The molecule has 0 atom stereocenters. The second-order valence-electron chi connectivity index (χ2n) is 7.52. The van der Waals surface area contributed by atoms with Crippen molar-refractivity contribution in [1.29, 1.82) is 0 Å². The lowest BCUT2D eigenvalue weighted by Crippen LogP contribution is -2.28. The Balaban J connectivity index is 1.42. The summed E-state index contributed by atoms with van der Waals surface area (Å²) < 4.78 is 1.95. The van der Waals surface area contributed by atoms with E-state index in [9.17, 15) is 0 Å². The maximum Gasteiger partial charge on any atom is 0.183 e. The number of pyridine rings is 3. The molecule has 0 spiro atoms. The maximum absolute atomic E-state index is 4.87. The van der Waals surface area contributed by atoms with Crippen LogP contribution in [0.1, 0.15) is 11.5 Å². The fraction of sp³-hybridized carbons (Fsp3) is 0.182. The van der Waals surface area contributed by atoms with Crippen LogP contribution in [0.3, 0.4) is 0 Å². The van der Waals surface area contributed by atoms with Crippen molar-refractivity contribution in [3.63, 3.8) is 0 Å². The average Bonchev–Trinajstić information content (AvgIpc) is 3.46. The smallest absolute Gasteiger partial charge is 0.183 e. The SMILES string of the molecule is Cc1cccc(-c2n[nH]cc2-c2ccc3ncc(-c4nc5n(n4)CCNC5)cc3n2)n1.